The zero-order chi connectivity index (χ0) is 20.1. The molecule has 0 spiro atoms. The van der Waals surface area contributed by atoms with Gasteiger partial charge in [-0.3, -0.25) is 9.59 Å². The summed E-state index contributed by atoms with van der Waals surface area (Å²) in [6.45, 7) is 0.884. The number of rotatable bonds is 7. The maximum Gasteiger partial charge on any atom is 0.227 e. The van der Waals surface area contributed by atoms with E-state index in [0.29, 0.717) is 13.1 Å². The van der Waals surface area contributed by atoms with Crippen LogP contribution in [0.3, 0.4) is 0 Å². The number of nitrogens with one attached hydrogen (secondary N) is 1. The van der Waals surface area contributed by atoms with E-state index in [0.717, 1.165) is 17.0 Å². The van der Waals surface area contributed by atoms with Crippen LogP contribution in [0.1, 0.15) is 18.0 Å². The van der Waals surface area contributed by atoms with Crippen molar-refractivity contribution in [2.24, 2.45) is 5.92 Å². The van der Waals surface area contributed by atoms with Crippen molar-refractivity contribution in [1.29, 1.82) is 0 Å². The number of nitrogens with zero attached hydrogens (tertiary/aromatic N) is 2. The Bertz CT molecular complexity index is 823. The lowest BCUT2D eigenvalue weighted by Crippen LogP contribution is -2.38. The van der Waals surface area contributed by atoms with Gasteiger partial charge in [0.05, 0.1) is 19.1 Å². The number of carbonyl (C=O) groups excluding carboxylic acids is 2. The zero-order valence-corrected chi connectivity index (χ0v) is 16.6. The molecule has 0 bridgehead atoms. The SMILES string of the molecule is COc1cccc(C(CNC(=O)C2CC(=O)N(c3ccccc3)C2)N(C)C)c1. The highest BCUT2D eigenvalue weighted by molar-refractivity contribution is 6.00. The molecule has 1 aliphatic rings. The monoisotopic (exact) mass is 381 g/mol. The molecule has 2 unspecified atom stereocenters. The molecule has 1 aliphatic heterocycles. The van der Waals surface area contributed by atoms with E-state index >= 15 is 0 Å². The summed E-state index contributed by atoms with van der Waals surface area (Å²) in [6.07, 6.45) is 0.243. The third-order valence-electron chi connectivity index (χ3n) is 5.14. The first kappa shape index (κ1) is 19.9. The van der Waals surface area contributed by atoms with E-state index in [4.69, 9.17) is 4.74 Å². The number of likely N-dealkylation sites (N-methyl/N-ethyl adjacent to an activating group) is 1. The zero-order valence-electron chi connectivity index (χ0n) is 16.6. The summed E-state index contributed by atoms with van der Waals surface area (Å²) in [6, 6.07) is 17.3. The smallest absolute Gasteiger partial charge is 0.227 e. The highest BCUT2D eigenvalue weighted by Crippen LogP contribution is 2.26. The van der Waals surface area contributed by atoms with Gasteiger partial charge in [0.15, 0.2) is 0 Å². The summed E-state index contributed by atoms with van der Waals surface area (Å²) in [7, 11) is 5.60. The molecule has 0 radical (unpaired) electrons. The van der Waals surface area contributed by atoms with Crippen LogP contribution in [0.4, 0.5) is 5.69 Å². The summed E-state index contributed by atoms with van der Waals surface area (Å²) < 4.78 is 5.31. The first-order valence-electron chi connectivity index (χ1n) is 9.43. The van der Waals surface area contributed by atoms with E-state index in [9.17, 15) is 9.59 Å². The predicted octanol–water partition coefficient (Wildman–Crippen LogP) is 2.47. The molecule has 2 aromatic rings. The van der Waals surface area contributed by atoms with Crippen LogP contribution in [0.2, 0.25) is 0 Å². The minimum Gasteiger partial charge on any atom is -0.497 e. The number of para-hydroxylation sites is 1. The van der Waals surface area contributed by atoms with Crippen molar-refractivity contribution in [3.8, 4) is 5.75 Å². The molecule has 1 fully saturated rings. The molecule has 2 atom stereocenters. The molecule has 6 heteroatoms. The average Bonchev–Trinajstić information content (AvgIpc) is 3.10. The second kappa shape index (κ2) is 8.89. The van der Waals surface area contributed by atoms with Gasteiger partial charge in [-0.15, -0.1) is 0 Å². The van der Waals surface area contributed by atoms with Gasteiger partial charge < -0.3 is 19.9 Å². The predicted molar refractivity (Wildman–Crippen MR) is 109 cm³/mol. The number of anilines is 1. The van der Waals surface area contributed by atoms with Crippen molar-refractivity contribution in [2.75, 3.05) is 39.2 Å². The van der Waals surface area contributed by atoms with E-state index in [1.54, 1.807) is 12.0 Å². The molecular weight excluding hydrogens is 354 g/mol. The Kier molecular flexibility index (Phi) is 6.31. The number of amides is 2. The molecule has 28 heavy (non-hydrogen) atoms. The van der Waals surface area contributed by atoms with Gasteiger partial charge in [-0.25, -0.2) is 0 Å². The van der Waals surface area contributed by atoms with Gasteiger partial charge in [0.1, 0.15) is 5.75 Å². The van der Waals surface area contributed by atoms with Crippen molar-refractivity contribution in [3.05, 3.63) is 60.2 Å². The molecule has 148 valence electrons. The molecule has 2 aromatic carbocycles. The summed E-state index contributed by atoms with van der Waals surface area (Å²) in [5, 5.41) is 3.03. The highest BCUT2D eigenvalue weighted by atomic mass is 16.5. The van der Waals surface area contributed by atoms with Crippen LogP contribution in [-0.2, 0) is 9.59 Å². The van der Waals surface area contributed by atoms with E-state index in [-0.39, 0.29) is 30.2 Å². The van der Waals surface area contributed by atoms with Crippen LogP contribution in [-0.4, -0.2) is 51.0 Å². The fourth-order valence-corrected chi connectivity index (χ4v) is 3.53. The molecule has 0 aromatic heterocycles. The summed E-state index contributed by atoms with van der Waals surface area (Å²) >= 11 is 0. The quantitative estimate of drug-likeness (QED) is 0.800. The third-order valence-corrected chi connectivity index (χ3v) is 5.14. The first-order valence-corrected chi connectivity index (χ1v) is 9.43. The van der Waals surface area contributed by atoms with Gasteiger partial charge in [0.25, 0.3) is 0 Å². The molecule has 3 rings (SSSR count). The van der Waals surface area contributed by atoms with E-state index in [1.807, 2.05) is 68.7 Å². The Labute approximate surface area is 166 Å². The Morgan fingerprint density at radius 1 is 1.21 bits per heavy atom. The van der Waals surface area contributed by atoms with Crippen molar-refractivity contribution in [2.45, 2.75) is 12.5 Å². The molecule has 0 saturated carbocycles. The van der Waals surface area contributed by atoms with Gasteiger partial charge in [-0.05, 0) is 43.9 Å². The molecule has 6 nitrogen and oxygen atoms in total. The molecule has 1 N–H and O–H groups in total. The largest absolute Gasteiger partial charge is 0.497 e. The standard InChI is InChI=1S/C22H27N3O3/c1-24(2)20(16-8-7-11-19(12-16)28-3)14-23-22(27)17-13-21(26)25(15-17)18-9-5-4-6-10-18/h4-12,17,20H,13-15H2,1-3H3,(H,23,27). The van der Waals surface area contributed by atoms with Crippen molar-refractivity contribution < 1.29 is 14.3 Å². The van der Waals surface area contributed by atoms with E-state index in [2.05, 4.69) is 10.2 Å². The third kappa shape index (κ3) is 4.51. The van der Waals surface area contributed by atoms with Gasteiger partial charge in [0.2, 0.25) is 11.8 Å². The maximum absolute atomic E-state index is 12.7. The Morgan fingerprint density at radius 2 is 1.96 bits per heavy atom. The van der Waals surface area contributed by atoms with E-state index < -0.39 is 0 Å². The molecule has 2 amide bonds. The highest BCUT2D eigenvalue weighted by Gasteiger charge is 2.35. The second-order valence-corrected chi connectivity index (χ2v) is 7.24. The van der Waals surface area contributed by atoms with Gasteiger partial charge in [-0.1, -0.05) is 30.3 Å². The number of benzene rings is 2. The van der Waals surface area contributed by atoms with Crippen molar-refractivity contribution >= 4 is 17.5 Å². The summed E-state index contributed by atoms with van der Waals surface area (Å²) in [5.74, 6) is 0.362. The Hall–Kier alpha value is -2.86. The van der Waals surface area contributed by atoms with Gasteiger partial charge in [-0.2, -0.15) is 0 Å². The maximum atomic E-state index is 12.7. The summed E-state index contributed by atoms with van der Waals surface area (Å²) in [5.41, 5.74) is 1.91. The molecule has 0 aliphatic carbocycles. The molecular formula is C22H27N3O3. The second-order valence-electron chi connectivity index (χ2n) is 7.24. The minimum atomic E-state index is -0.333. The lowest BCUT2D eigenvalue weighted by Gasteiger charge is -2.26. The van der Waals surface area contributed by atoms with Crippen LogP contribution in [0.5, 0.6) is 5.75 Å². The molecule has 1 heterocycles. The van der Waals surface area contributed by atoms with Crippen LogP contribution in [0.25, 0.3) is 0 Å². The van der Waals surface area contributed by atoms with Crippen molar-refractivity contribution in [1.82, 2.24) is 10.2 Å². The number of ether oxygens (including phenoxy) is 1. The lowest BCUT2D eigenvalue weighted by molar-refractivity contribution is -0.126. The van der Waals surface area contributed by atoms with Crippen LogP contribution in [0.15, 0.2) is 54.6 Å². The minimum absolute atomic E-state index is 0.0108. The van der Waals surface area contributed by atoms with Crippen LogP contribution in [0, 0.1) is 5.92 Å². The number of carbonyl (C=O) groups is 2. The topological polar surface area (TPSA) is 61.9 Å². The fraction of sp³-hybridized carbons (Fsp3) is 0.364. The van der Waals surface area contributed by atoms with E-state index in [1.165, 1.54) is 0 Å². The number of methoxy groups -OCH3 is 1. The summed E-state index contributed by atoms with van der Waals surface area (Å²) in [4.78, 5) is 28.8. The van der Waals surface area contributed by atoms with Gasteiger partial charge >= 0.3 is 0 Å². The Morgan fingerprint density at radius 3 is 2.64 bits per heavy atom. The normalized spacial score (nSPS) is 17.6. The lowest BCUT2D eigenvalue weighted by atomic mass is 10.0. The van der Waals surface area contributed by atoms with Crippen molar-refractivity contribution in [3.63, 3.8) is 0 Å². The Balaban J connectivity index is 1.63. The number of hydrogen-bond acceptors (Lipinski definition) is 4. The fourth-order valence-electron chi connectivity index (χ4n) is 3.53. The van der Waals surface area contributed by atoms with Crippen LogP contribution < -0.4 is 15.0 Å². The van der Waals surface area contributed by atoms with Gasteiger partial charge in [0, 0.05) is 25.2 Å². The average molecular weight is 381 g/mol. The number of hydrogen-bond donors (Lipinski definition) is 1. The first-order chi connectivity index (χ1) is 13.5. The van der Waals surface area contributed by atoms with Crippen LogP contribution >= 0.6 is 0 Å². The molecule has 1 saturated heterocycles.